The van der Waals surface area contributed by atoms with Crippen LogP contribution in [0.15, 0.2) is 34.1 Å². The number of primary amides is 1. The van der Waals surface area contributed by atoms with Gasteiger partial charge in [-0.3, -0.25) is 9.59 Å². The number of hydrogen-bond acceptors (Lipinski definition) is 7. The number of piperidine rings is 1. The van der Waals surface area contributed by atoms with E-state index in [1.165, 1.54) is 39.9 Å². The summed E-state index contributed by atoms with van der Waals surface area (Å²) >= 11 is 1.40. The molecule has 2 aromatic rings. The molecule has 2 heterocycles. The van der Waals surface area contributed by atoms with Crippen LogP contribution in [-0.2, 0) is 37.5 Å². The Morgan fingerprint density at radius 1 is 1.06 bits per heavy atom. The molecular weight excluding hydrogens is 510 g/mol. The molecule has 3 N–H and O–H groups in total. The normalized spacial score (nSPS) is 19.8. The van der Waals surface area contributed by atoms with Gasteiger partial charge in [-0.05, 0) is 55.7 Å². The van der Waals surface area contributed by atoms with Crippen molar-refractivity contribution in [3.63, 3.8) is 0 Å². The van der Waals surface area contributed by atoms with Gasteiger partial charge in [0.25, 0.3) is 5.91 Å². The number of benzene rings is 1. The molecule has 1 aliphatic carbocycles. The van der Waals surface area contributed by atoms with Gasteiger partial charge in [0.15, 0.2) is 9.84 Å². The highest BCUT2D eigenvalue weighted by molar-refractivity contribution is 7.93. The van der Waals surface area contributed by atoms with Crippen LogP contribution in [0, 0.1) is 11.8 Å². The molecule has 1 unspecified atom stereocenters. The maximum Gasteiger partial charge on any atom is 0.251 e. The number of rotatable bonds is 6. The molecule has 0 spiro atoms. The molecule has 0 radical (unpaired) electrons. The van der Waals surface area contributed by atoms with Gasteiger partial charge in [-0.1, -0.05) is 19.1 Å². The third-order valence-corrected chi connectivity index (χ3v) is 11.1. The van der Waals surface area contributed by atoms with Crippen LogP contribution in [0.4, 0.5) is 5.00 Å². The van der Waals surface area contributed by atoms with E-state index < -0.39 is 31.7 Å². The molecule has 35 heavy (non-hydrogen) atoms. The Morgan fingerprint density at radius 2 is 1.69 bits per heavy atom. The van der Waals surface area contributed by atoms with E-state index in [1.54, 1.807) is 0 Å². The van der Waals surface area contributed by atoms with Gasteiger partial charge in [-0.25, -0.2) is 16.8 Å². The fourth-order valence-corrected chi connectivity index (χ4v) is 9.27. The van der Waals surface area contributed by atoms with Gasteiger partial charge in [-0.15, -0.1) is 11.3 Å². The Bertz CT molecular complexity index is 1370. The maximum absolute atomic E-state index is 13.2. The van der Waals surface area contributed by atoms with E-state index in [4.69, 9.17) is 5.73 Å². The number of carbonyl (C=O) groups is 2. The Balaban J connectivity index is 1.48. The zero-order chi connectivity index (χ0) is 25.5. The van der Waals surface area contributed by atoms with Gasteiger partial charge >= 0.3 is 0 Å². The van der Waals surface area contributed by atoms with Crippen LogP contribution in [0.2, 0.25) is 0 Å². The predicted octanol–water partition coefficient (Wildman–Crippen LogP) is 2.41. The van der Waals surface area contributed by atoms with Crippen LogP contribution < -0.4 is 11.1 Å². The average Bonchev–Trinajstić information content (AvgIpc) is 3.15. The number of nitrogens with one attached hydrogen (secondary N) is 1. The van der Waals surface area contributed by atoms with E-state index in [9.17, 15) is 26.4 Å². The maximum atomic E-state index is 13.2. The van der Waals surface area contributed by atoms with Gasteiger partial charge in [-0.2, -0.15) is 4.31 Å². The number of nitrogens with zero attached hydrogens (tertiary/aromatic N) is 1. The quantitative estimate of drug-likeness (QED) is 0.577. The standard InChI is InChI=1S/C23H29N3O6S3/c1-14-7-8-16-17(13-14)33-23(20(16)21(24)27)25-22(28)15-9-11-26(12-10-15)35(31,32)19-6-4-3-5-18(19)34(2,29)30/h3-6,14-15H,7-13H2,1-2H3,(H2,24,27)(H,25,28). The van der Waals surface area contributed by atoms with Crippen molar-refractivity contribution in [1.82, 2.24) is 4.31 Å². The van der Waals surface area contributed by atoms with Crippen molar-refractivity contribution in [2.75, 3.05) is 24.7 Å². The minimum atomic E-state index is -4.05. The minimum absolute atomic E-state index is 0.0830. The summed E-state index contributed by atoms with van der Waals surface area (Å²) in [5.41, 5.74) is 6.96. The summed E-state index contributed by atoms with van der Waals surface area (Å²) in [6.07, 6.45) is 4.10. The zero-order valence-corrected chi connectivity index (χ0v) is 22.1. The molecule has 1 aliphatic heterocycles. The highest BCUT2D eigenvalue weighted by Crippen LogP contribution is 2.40. The summed E-state index contributed by atoms with van der Waals surface area (Å²) in [6.45, 7) is 2.32. The van der Waals surface area contributed by atoms with Crippen molar-refractivity contribution in [3.05, 3.63) is 40.3 Å². The first-order chi connectivity index (χ1) is 16.4. The number of carbonyl (C=O) groups excluding carboxylic acids is 2. The summed E-state index contributed by atoms with van der Waals surface area (Å²) < 4.78 is 51.8. The molecule has 4 rings (SSSR count). The Morgan fingerprint density at radius 3 is 2.29 bits per heavy atom. The molecule has 1 atom stereocenters. The Hall–Kier alpha value is -2.28. The average molecular weight is 540 g/mol. The molecule has 9 nitrogen and oxygen atoms in total. The topological polar surface area (TPSA) is 144 Å². The summed E-state index contributed by atoms with van der Waals surface area (Å²) in [5.74, 6) is -0.763. The zero-order valence-electron chi connectivity index (χ0n) is 19.6. The Labute approximate surface area is 209 Å². The third-order valence-electron chi connectivity index (χ3n) is 6.69. The van der Waals surface area contributed by atoms with Crippen LogP contribution in [0.1, 0.15) is 47.0 Å². The van der Waals surface area contributed by atoms with Crippen molar-refractivity contribution < 1.29 is 26.4 Å². The summed E-state index contributed by atoms with van der Waals surface area (Å²) in [7, 11) is -7.78. The highest BCUT2D eigenvalue weighted by Gasteiger charge is 2.35. The van der Waals surface area contributed by atoms with Crippen molar-refractivity contribution >= 4 is 48.0 Å². The van der Waals surface area contributed by atoms with Gasteiger partial charge in [0.05, 0.1) is 10.5 Å². The van der Waals surface area contributed by atoms with Gasteiger partial charge < -0.3 is 11.1 Å². The molecular formula is C23H29N3O6S3. The molecule has 1 aromatic heterocycles. The number of thiophene rings is 1. The second kappa shape index (κ2) is 9.64. The van der Waals surface area contributed by atoms with Crippen molar-refractivity contribution in [2.24, 2.45) is 17.6 Å². The first-order valence-electron chi connectivity index (χ1n) is 11.4. The van der Waals surface area contributed by atoms with Crippen LogP contribution in [0.5, 0.6) is 0 Å². The summed E-state index contributed by atoms with van der Waals surface area (Å²) in [5, 5.41) is 3.35. The first-order valence-corrected chi connectivity index (χ1v) is 15.6. The van der Waals surface area contributed by atoms with Gasteiger partial charge in [0.2, 0.25) is 15.9 Å². The number of anilines is 1. The lowest BCUT2D eigenvalue weighted by Gasteiger charge is -2.30. The Kier molecular flexibility index (Phi) is 7.11. The number of fused-ring (bicyclic) bond motifs is 1. The molecule has 2 aliphatic rings. The molecule has 1 fully saturated rings. The fraction of sp³-hybridized carbons (Fsp3) is 0.478. The van der Waals surface area contributed by atoms with Crippen molar-refractivity contribution in [1.29, 1.82) is 0 Å². The molecule has 1 saturated heterocycles. The van der Waals surface area contributed by atoms with Crippen LogP contribution in [0.3, 0.4) is 0 Å². The highest BCUT2D eigenvalue weighted by atomic mass is 32.2. The summed E-state index contributed by atoms with van der Waals surface area (Å²) in [6, 6.07) is 5.53. The van der Waals surface area contributed by atoms with E-state index in [1.807, 2.05) is 0 Å². The largest absolute Gasteiger partial charge is 0.365 e. The number of nitrogens with two attached hydrogens (primary N) is 1. The van der Waals surface area contributed by atoms with E-state index in [0.717, 1.165) is 36.0 Å². The second-order valence-corrected chi connectivity index (χ2v) is 14.3. The lowest BCUT2D eigenvalue weighted by atomic mass is 9.88. The number of sulfone groups is 1. The number of sulfonamides is 1. The van der Waals surface area contributed by atoms with E-state index >= 15 is 0 Å². The van der Waals surface area contributed by atoms with E-state index in [0.29, 0.717) is 16.5 Å². The van der Waals surface area contributed by atoms with E-state index in [-0.39, 0.29) is 41.6 Å². The molecule has 190 valence electrons. The predicted molar refractivity (Wildman–Crippen MR) is 134 cm³/mol. The lowest BCUT2D eigenvalue weighted by Crippen LogP contribution is -2.41. The van der Waals surface area contributed by atoms with Crippen LogP contribution in [0.25, 0.3) is 0 Å². The van der Waals surface area contributed by atoms with Crippen molar-refractivity contribution in [3.8, 4) is 0 Å². The SMILES string of the molecule is CC1CCc2c(sc(NC(=O)C3CCN(S(=O)(=O)c4ccccc4S(C)(=O)=O)CC3)c2C(N)=O)C1. The number of amides is 2. The molecule has 2 amide bonds. The first kappa shape index (κ1) is 25.8. The fourth-order valence-electron chi connectivity index (χ4n) is 4.78. The second-order valence-electron chi connectivity index (χ2n) is 9.31. The minimum Gasteiger partial charge on any atom is -0.365 e. The molecule has 1 aromatic carbocycles. The number of hydrogen-bond donors (Lipinski definition) is 2. The molecule has 0 bridgehead atoms. The monoisotopic (exact) mass is 539 g/mol. The van der Waals surface area contributed by atoms with Crippen molar-refractivity contribution in [2.45, 2.75) is 48.8 Å². The van der Waals surface area contributed by atoms with Gasteiger partial charge in [0.1, 0.15) is 9.90 Å². The molecule has 0 saturated carbocycles. The van der Waals surface area contributed by atoms with Crippen LogP contribution >= 0.6 is 11.3 Å². The third kappa shape index (κ3) is 5.16. The molecule has 12 heteroatoms. The van der Waals surface area contributed by atoms with Crippen LogP contribution in [-0.4, -0.2) is 52.3 Å². The summed E-state index contributed by atoms with van der Waals surface area (Å²) in [4.78, 5) is 25.8. The van der Waals surface area contributed by atoms with Gasteiger partial charge in [0, 0.05) is 30.1 Å². The van der Waals surface area contributed by atoms with E-state index in [2.05, 4.69) is 12.2 Å². The lowest BCUT2D eigenvalue weighted by molar-refractivity contribution is -0.120. The smallest absolute Gasteiger partial charge is 0.251 e.